The second kappa shape index (κ2) is 5.64. The maximum absolute atomic E-state index is 12.6. The van der Waals surface area contributed by atoms with Crippen LogP contribution in [0, 0.1) is 13.8 Å². The van der Waals surface area contributed by atoms with Crippen LogP contribution in [0.25, 0.3) is 0 Å². The van der Waals surface area contributed by atoms with Crippen molar-refractivity contribution in [2.24, 2.45) is 0 Å². The van der Waals surface area contributed by atoms with Crippen molar-refractivity contribution in [3.05, 3.63) is 47.3 Å². The molecular weight excluding hydrogens is 264 g/mol. The molecule has 4 nitrogen and oxygen atoms in total. The van der Waals surface area contributed by atoms with Crippen molar-refractivity contribution in [1.82, 2.24) is 4.98 Å². The largest absolute Gasteiger partial charge is 0.491 e. The summed E-state index contributed by atoms with van der Waals surface area (Å²) in [5.41, 5.74) is 3.76. The van der Waals surface area contributed by atoms with Gasteiger partial charge in [0.25, 0.3) is 0 Å². The van der Waals surface area contributed by atoms with Gasteiger partial charge >= 0.3 is 0 Å². The quantitative estimate of drug-likeness (QED) is 0.881. The zero-order valence-electron chi connectivity index (χ0n) is 12.5. The van der Waals surface area contributed by atoms with Crippen LogP contribution in [0.3, 0.4) is 0 Å². The van der Waals surface area contributed by atoms with Crippen molar-refractivity contribution in [3.8, 4) is 5.75 Å². The molecular formula is C17H20N2O2. The molecule has 0 fully saturated rings. The van der Waals surface area contributed by atoms with Crippen molar-refractivity contribution in [2.45, 2.75) is 20.3 Å². The van der Waals surface area contributed by atoms with Gasteiger partial charge in [-0.2, -0.15) is 0 Å². The van der Waals surface area contributed by atoms with E-state index in [2.05, 4.69) is 9.88 Å². The van der Waals surface area contributed by atoms with E-state index < -0.39 is 0 Å². The number of nitrogens with zero attached hydrogens (tertiary/aromatic N) is 1. The smallest absolute Gasteiger partial charge is 0.183 e. The third kappa shape index (κ3) is 2.79. The average Bonchev–Trinajstić information content (AvgIpc) is 2.69. The molecule has 0 saturated carbocycles. The summed E-state index contributed by atoms with van der Waals surface area (Å²) in [5.74, 6) is 1.01. The summed E-state index contributed by atoms with van der Waals surface area (Å²) in [4.78, 5) is 17.9. The monoisotopic (exact) mass is 284 g/mol. The van der Waals surface area contributed by atoms with Crippen LogP contribution in [0.2, 0.25) is 0 Å². The maximum Gasteiger partial charge on any atom is 0.183 e. The number of benzene rings is 1. The number of nitrogens with one attached hydrogen (secondary N) is 1. The molecule has 1 aromatic carbocycles. The minimum atomic E-state index is 0.147. The fourth-order valence-electron chi connectivity index (χ4n) is 2.83. The number of carbonyl (C=O) groups is 1. The number of H-pyrrole nitrogens is 1. The average molecular weight is 284 g/mol. The number of fused-ring (bicyclic) bond motifs is 1. The zero-order chi connectivity index (χ0) is 14.8. The van der Waals surface area contributed by atoms with Gasteiger partial charge in [-0.25, -0.2) is 0 Å². The molecule has 3 rings (SSSR count). The molecule has 2 heterocycles. The molecule has 0 bridgehead atoms. The van der Waals surface area contributed by atoms with E-state index in [9.17, 15) is 4.79 Å². The first-order chi connectivity index (χ1) is 10.1. The molecule has 1 aliphatic rings. The van der Waals surface area contributed by atoms with Gasteiger partial charge in [-0.05, 0) is 38.5 Å². The molecule has 4 heteroatoms. The summed E-state index contributed by atoms with van der Waals surface area (Å²) in [6.07, 6.45) is 0.924. The van der Waals surface area contributed by atoms with Crippen LogP contribution in [0.5, 0.6) is 5.75 Å². The lowest BCUT2D eigenvalue weighted by atomic mass is 10.1. The van der Waals surface area contributed by atoms with Crippen LogP contribution in [-0.4, -0.2) is 30.5 Å². The molecule has 0 aliphatic carbocycles. The number of aryl methyl sites for hydroxylation is 2. The summed E-state index contributed by atoms with van der Waals surface area (Å²) < 4.78 is 5.73. The highest BCUT2D eigenvalue weighted by Crippen LogP contribution is 2.30. The molecule has 110 valence electrons. The van der Waals surface area contributed by atoms with Gasteiger partial charge in [0.05, 0.1) is 18.8 Å². The van der Waals surface area contributed by atoms with Crippen LogP contribution >= 0.6 is 0 Å². The van der Waals surface area contributed by atoms with E-state index in [0.29, 0.717) is 13.2 Å². The molecule has 0 spiro atoms. The number of hydrogen-bond donors (Lipinski definition) is 1. The number of hydrogen-bond acceptors (Lipinski definition) is 3. The maximum atomic E-state index is 12.6. The number of ketones is 1. The zero-order valence-corrected chi connectivity index (χ0v) is 12.5. The molecule has 2 aromatic rings. The number of aromatic nitrogens is 1. The minimum Gasteiger partial charge on any atom is -0.491 e. The summed E-state index contributed by atoms with van der Waals surface area (Å²) in [6.45, 7) is 5.84. The Morgan fingerprint density at radius 2 is 2.14 bits per heavy atom. The number of aromatic amines is 1. The topological polar surface area (TPSA) is 45.3 Å². The van der Waals surface area contributed by atoms with Gasteiger partial charge in [-0.3, -0.25) is 4.79 Å². The van der Waals surface area contributed by atoms with Crippen molar-refractivity contribution in [3.63, 3.8) is 0 Å². The second-order valence-corrected chi connectivity index (χ2v) is 5.51. The van der Waals surface area contributed by atoms with E-state index in [1.807, 2.05) is 44.2 Å². The summed E-state index contributed by atoms with van der Waals surface area (Å²) in [7, 11) is 0. The van der Waals surface area contributed by atoms with Crippen LogP contribution in [0.4, 0.5) is 5.69 Å². The summed E-state index contributed by atoms with van der Waals surface area (Å²) in [5, 5.41) is 0. The molecule has 0 unspecified atom stereocenters. The first kappa shape index (κ1) is 13.7. The van der Waals surface area contributed by atoms with E-state index in [1.165, 1.54) is 0 Å². The Morgan fingerprint density at radius 1 is 1.33 bits per heavy atom. The van der Waals surface area contributed by atoms with E-state index >= 15 is 0 Å². The fourth-order valence-corrected chi connectivity index (χ4v) is 2.83. The Bertz CT molecular complexity index is 661. The Hall–Kier alpha value is -2.23. The molecule has 1 N–H and O–H groups in total. The summed E-state index contributed by atoms with van der Waals surface area (Å²) >= 11 is 0. The standard InChI is InChI=1S/C17H20N2O2/c1-12-10-14(13(2)18-12)16(20)11-19-8-5-9-21-17-7-4-3-6-15(17)19/h3-4,6-7,10,18H,5,8-9,11H2,1-2H3. The van der Waals surface area contributed by atoms with E-state index in [1.54, 1.807) is 0 Å². The third-order valence-electron chi connectivity index (χ3n) is 3.82. The van der Waals surface area contributed by atoms with Gasteiger partial charge in [0.2, 0.25) is 0 Å². The minimum absolute atomic E-state index is 0.147. The molecule has 1 aromatic heterocycles. The van der Waals surface area contributed by atoms with Gasteiger partial charge in [0, 0.05) is 23.5 Å². The highest BCUT2D eigenvalue weighted by molar-refractivity contribution is 6.00. The second-order valence-electron chi connectivity index (χ2n) is 5.51. The SMILES string of the molecule is Cc1cc(C(=O)CN2CCCOc3ccccc32)c(C)[nH]1. The number of carbonyl (C=O) groups excluding carboxylic acids is 1. The first-order valence-corrected chi connectivity index (χ1v) is 7.31. The Labute approximate surface area is 124 Å². The van der Waals surface area contributed by atoms with E-state index in [0.717, 1.165) is 41.4 Å². The van der Waals surface area contributed by atoms with Gasteiger partial charge in [-0.1, -0.05) is 12.1 Å². The lowest BCUT2D eigenvalue weighted by molar-refractivity contribution is 0.0998. The Kier molecular flexibility index (Phi) is 3.69. The van der Waals surface area contributed by atoms with Crippen LogP contribution in [-0.2, 0) is 0 Å². The van der Waals surface area contributed by atoms with E-state index in [-0.39, 0.29) is 5.78 Å². The third-order valence-corrected chi connectivity index (χ3v) is 3.82. The normalized spacial score (nSPS) is 14.3. The fraction of sp³-hybridized carbons (Fsp3) is 0.353. The number of Topliss-reactive ketones (excluding diaryl/α,β-unsaturated/α-hetero) is 1. The van der Waals surface area contributed by atoms with Gasteiger partial charge in [-0.15, -0.1) is 0 Å². The molecule has 0 atom stereocenters. The number of rotatable bonds is 3. The predicted molar refractivity (Wildman–Crippen MR) is 83.4 cm³/mol. The first-order valence-electron chi connectivity index (χ1n) is 7.31. The highest BCUT2D eigenvalue weighted by Gasteiger charge is 2.20. The molecule has 21 heavy (non-hydrogen) atoms. The van der Waals surface area contributed by atoms with Crippen LogP contribution in [0.15, 0.2) is 30.3 Å². The van der Waals surface area contributed by atoms with E-state index in [4.69, 9.17) is 4.74 Å². The number of anilines is 1. The van der Waals surface area contributed by atoms with Gasteiger partial charge < -0.3 is 14.6 Å². The Balaban J connectivity index is 1.84. The molecule has 0 amide bonds. The van der Waals surface area contributed by atoms with Crippen molar-refractivity contribution in [2.75, 3.05) is 24.6 Å². The van der Waals surface area contributed by atoms with Gasteiger partial charge in [0.1, 0.15) is 5.75 Å². The predicted octanol–water partition coefficient (Wildman–Crippen LogP) is 3.10. The Morgan fingerprint density at radius 3 is 2.90 bits per heavy atom. The summed E-state index contributed by atoms with van der Waals surface area (Å²) in [6, 6.07) is 9.85. The molecule has 1 aliphatic heterocycles. The van der Waals surface area contributed by atoms with Crippen molar-refractivity contribution >= 4 is 11.5 Å². The number of para-hydroxylation sites is 2. The van der Waals surface area contributed by atoms with Gasteiger partial charge in [0.15, 0.2) is 5.78 Å². The lowest BCUT2D eigenvalue weighted by Crippen LogP contribution is -2.30. The lowest BCUT2D eigenvalue weighted by Gasteiger charge is -2.22. The van der Waals surface area contributed by atoms with Crippen molar-refractivity contribution in [1.29, 1.82) is 0 Å². The molecule has 0 saturated heterocycles. The van der Waals surface area contributed by atoms with Crippen molar-refractivity contribution < 1.29 is 9.53 Å². The van der Waals surface area contributed by atoms with Crippen LogP contribution < -0.4 is 9.64 Å². The van der Waals surface area contributed by atoms with Crippen LogP contribution in [0.1, 0.15) is 28.2 Å². The highest BCUT2D eigenvalue weighted by atomic mass is 16.5. The molecule has 0 radical (unpaired) electrons. The number of ether oxygens (including phenoxy) is 1.